The first kappa shape index (κ1) is 21.9. The third kappa shape index (κ3) is 4.72. The molecule has 150 valence electrons. The number of nitrogens with one attached hydrogen (secondary N) is 1. The van der Waals surface area contributed by atoms with Crippen LogP contribution in [0, 0.1) is 0 Å². The predicted octanol–water partition coefficient (Wildman–Crippen LogP) is 4.70. The van der Waals surface area contributed by atoms with E-state index in [9.17, 15) is 18.0 Å². The van der Waals surface area contributed by atoms with Crippen LogP contribution in [0.25, 0.3) is 22.0 Å². The molecule has 1 unspecified atom stereocenters. The van der Waals surface area contributed by atoms with Crippen molar-refractivity contribution in [2.45, 2.75) is 38.4 Å². The fourth-order valence-corrected chi connectivity index (χ4v) is 3.16. The van der Waals surface area contributed by atoms with Gasteiger partial charge in [0.25, 0.3) is 5.56 Å². The molecule has 0 radical (unpaired) electrons. The number of fused-ring (bicyclic) bond motifs is 1. The van der Waals surface area contributed by atoms with Crippen molar-refractivity contribution >= 4 is 23.2 Å². The zero-order chi connectivity index (χ0) is 19.6. The minimum absolute atomic E-state index is 0. The summed E-state index contributed by atoms with van der Waals surface area (Å²) in [6.45, 7) is 1.92. The van der Waals surface area contributed by atoms with Crippen molar-refractivity contribution < 1.29 is 13.2 Å². The molecule has 0 bridgehead atoms. The van der Waals surface area contributed by atoms with Crippen molar-refractivity contribution in [2.75, 3.05) is 0 Å². The lowest BCUT2D eigenvalue weighted by Crippen LogP contribution is -2.14. The molecule has 8 heteroatoms. The summed E-state index contributed by atoms with van der Waals surface area (Å²) in [5, 5.41) is 1.33. The van der Waals surface area contributed by atoms with Crippen LogP contribution in [0.5, 0.6) is 0 Å². The molecule has 0 aliphatic rings. The van der Waals surface area contributed by atoms with Crippen LogP contribution in [0.1, 0.15) is 30.9 Å². The second-order valence-corrected chi connectivity index (χ2v) is 6.66. The van der Waals surface area contributed by atoms with E-state index >= 15 is 0 Å². The molecule has 28 heavy (non-hydrogen) atoms. The first-order valence-corrected chi connectivity index (χ1v) is 8.70. The molecule has 2 heterocycles. The molecule has 0 aliphatic carbocycles. The van der Waals surface area contributed by atoms with Crippen molar-refractivity contribution in [3.05, 3.63) is 64.2 Å². The Morgan fingerprint density at radius 2 is 1.89 bits per heavy atom. The molecule has 0 amide bonds. The van der Waals surface area contributed by atoms with E-state index in [0.29, 0.717) is 17.5 Å². The average Bonchev–Trinajstić information content (AvgIpc) is 2.61. The van der Waals surface area contributed by atoms with Gasteiger partial charge in [-0.1, -0.05) is 6.07 Å². The van der Waals surface area contributed by atoms with Crippen LogP contribution >= 0.6 is 12.4 Å². The molecule has 1 aromatic carbocycles. The van der Waals surface area contributed by atoms with Crippen molar-refractivity contribution in [1.82, 2.24) is 9.97 Å². The number of aromatic amines is 1. The molecular weight excluding hydrogens is 391 g/mol. The topological polar surface area (TPSA) is 71.8 Å². The predicted molar refractivity (Wildman–Crippen MR) is 107 cm³/mol. The van der Waals surface area contributed by atoms with Crippen molar-refractivity contribution in [3.8, 4) is 11.3 Å². The summed E-state index contributed by atoms with van der Waals surface area (Å²) >= 11 is 0. The Hall–Kier alpha value is -2.38. The van der Waals surface area contributed by atoms with Crippen LogP contribution in [0.3, 0.4) is 0 Å². The summed E-state index contributed by atoms with van der Waals surface area (Å²) in [5.74, 6) is 0. The Labute approximate surface area is 166 Å². The minimum Gasteiger partial charge on any atom is -0.329 e. The van der Waals surface area contributed by atoms with Gasteiger partial charge in [-0.15, -0.1) is 12.4 Å². The van der Waals surface area contributed by atoms with Gasteiger partial charge in [-0.3, -0.25) is 9.78 Å². The lowest BCUT2D eigenvalue weighted by Gasteiger charge is -2.14. The second kappa shape index (κ2) is 8.75. The highest BCUT2D eigenvalue weighted by Crippen LogP contribution is 2.32. The molecular formula is C20H21ClF3N3O. The number of halogens is 4. The maximum Gasteiger partial charge on any atom is 0.417 e. The van der Waals surface area contributed by atoms with Crippen molar-refractivity contribution in [1.29, 1.82) is 0 Å². The number of rotatable bonds is 5. The SMILES string of the molecule is CC(N)CCCc1c(-c2ccc(C(F)(F)F)cn2)ccc2c(=O)[nH]ccc12.Cl. The maximum absolute atomic E-state index is 12.8. The van der Waals surface area contributed by atoms with Gasteiger partial charge in [0.1, 0.15) is 0 Å². The van der Waals surface area contributed by atoms with Gasteiger partial charge in [0, 0.05) is 29.4 Å². The largest absolute Gasteiger partial charge is 0.417 e. The van der Waals surface area contributed by atoms with Gasteiger partial charge in [-0.2, -0.15) is 13.2 Å². The van der Waals surface area contributed by atoms with Crippen molar-refractivity contribution in [2.24, 2.45) is 5.73 Å². The minimum atomic E-state index is -4.43. The van der Waals surface area contributed by atoms with E-state index < -0.39 is 11.7 Å². The normalized spacial score (nSPS) is 12.6. The van der Waals surface area contributed by atoms with Crippen LogP contribution in [0.2, 0.25) is 0 Å². The summed E-state index contributed by atoms with van der Waals surface area (Å²) in [6, 6.07) is 7.68. The molecule has 1 atom stereocenters. The number of hydrogen-bond donors (Lipinski definition) is 2. The Balaban J connectivity index is 0.00000280. The maximum atomic E-state index is 12.8. The van der Waals surface area contributed by atoms with Gasteiger partial charge in [0.2, 0.25) is 0 Å². The van der Waals surface area contributed by atoms with Gasteiger partial charge in [0.15, 0.2) is 0 Å². The number of nitrogens with two attached hydrogens (primary N) is 1. The first-order chi connectivity index (χ1) is 12.8. The van der Waals surface area contributed by atoms with Crippen LogP contribution in [-0.2, 0) is 12.6 Å². The Morgan fingerprint density at radius 1 is 1.14 bits per heavy atom. The molecule has 0 saturated heterocycles. The number of nitrogens with zero attached hydrogens (tertiary/aromatic N) is 1. The third-order valence-corrected chi connectivity index (χ3v) is 4.52. The second-order valence-electron chi connectivity index (χ2n) is 6.66. The summed E-state index contributed by atoms with van der Waals surface area (Å²) in [5.41, 5.74) is 6.90. The Bertz CT molecular complexity index is 998. The van der Waals surface area contributed by atoms with Crippen LogP contribution < -0.4 is 11.3 Å². The van der Waals surface area contributed by atoms with Crippen LogP contribution in [0.4, 0.5) is 13.2 Å². The van der Waals surface area contributed by atoms with Crippen molar-refractivity contribution in [3.63, 3.8) is 0 Å². The number of pyridine rings is 2. The highest BCUT2D eigenvalue weighted by atomic mass is 35.5. The highest BCUT2D eigenvalue weighted by Gasteiger charge is 2.30. The number of hydrogen-bond acceptors (Lipinski definition) is 3. The fraction of sp³-hybridized carbons (Fsp3) is 0.300. The standard InChI is InChI=1S/C20H20F3N3O.ClH/c1-12(24)3-2-4-14-15-9-10-25-19(27)17(15)7-6-16(14)18-8-5-13(11-26-18)20(21,22)23;/h5-12H,2-4,24H2,1H3,(H,25,27);1H. The zero-order valence-corrected chi connectivity index (χ0v) is 16.0. The van der Waals surface area contributed by atoms with Gasteiger partial charge >= 0.3 is 6.18 Å². The lowest BCUT2D eigenvalue weighted by molar-refractivity contribution is -0.137. The molecule has 4 nitrogen and oxygen atoms in total. The number of aromatic nitrogens is 2. The number of benzene rings is 1. The summed E-state index contributed by atoms with van der Waals surface area (Å²) in [7, 11) is 0. The summed E-state index contributed by atoms with van der Waals surface area (Å²) in [6.07, 6.45) is 0.242. The monoisotopic (exact) mass is 411 g/mol. The zero-order valence-electron chi connectivity index (χ0n) is 15.2. The average molecular weight is 412 g/mol. The summed E-state index contributed by atoms with van der Waals surface area (Å²) in [4.78, 5) is 18.8. The Morgan fingerprint density at radius 3 is 2.50 bits per heavy atom. The van der Waals surface area contributed by atoms with Gasteiger partial charge in [0.05, 0.1) is 11.3 Å². The molecule has 0 aliphatic heterocycles. The quantitative estimate of drug-likeness (QED) is 0.639. The van der Waals surface area contributed by atoms with E-state index in [0.717, 1.165) is 41.6 Å². The van der Waals surface area contributed by atoms with E-state index in [1.165, 1.54) is 6.07 Å². The van der Waals surface area contributed by atoms with E-state index in [2.05, 4.69) is 9.97 Å². The molecule has 3 rings (SSSR count). The van der Waals surface area contributed by atoms with E-state index in [1.807, 2.05) is 13.0 Å². The molecule has 0 fully saturated rings. The smallest absolute Gasteiger partial charge is 0.329 e. The molecule has 3 N–H and O–H groups in total. The number of alkyl halides is 3. The molecule has 3 aromatic rings. The molecule has 2 aromatic heterocycles. The van der Waals surface area contributed by atoms with E-state index in [1.54, 1.807) is 18.3 Å². The Kier molecular flexibility index (Phi) is 6.85. The lowest BCUT2D eigenvalue weighted by atomic mass is 9.93. The van der Waals surface area contributed by atoms with Crippen LogP contribution in [0.15, 0.2) is 47.5 Å². The number of aryl methyl sites for hydroxylation is 1. The highest BCUT2D eigenvalue weighted by molar-refractivity contribution is 5.90. The van der Waals surface area contributed by atoms with Gasteiger partial charge in [-0.25, -0.2) is 0 Å². The molecule has 0 spiro atoms. The molecule has 0 saturated carbocycles. The fourth-order valence-electron chi connectivity index (χ4n) is 3.16. The third-order valence-electron chi connectivity index (χ3n) is 4.52. The number of H-pyrrole nitrogens is 1. The summed E-state index contributed by atoms with van der Waals surface area (Å²) < 4.78 is 38.4. The van der Waals surface area contributed by atoms with Crippen LogP contribution in [-0.4, -0.2) is 16.0 Å². The van der Waals surface area contributed by atoms with E-state index in [-0.39, 0.29) is 24.0 Å². The van der Waals surface area contributed by atoms with Gasteiger partial charge in [-0.05, 0) is 61.4 Å². The first-order valence-electron chi connectivity index (χ1n) is 8.70. The van der Waals surface area contributed by atoms with E-state index in [4.69, 9.17) is 5.73 Å². The van der Waals surface area contributed by atoms with Gasteiger partial charge < -0.3 is 10.7 Å².